The van der Waals surface area contributed by atoms with Crippen molar-refractivity contribution in [2.24, 2.45) is 0 Å². The maximum absolute atomic E-state index is 9.66. The Kier molecular flexibility index (Phi) is 8.84. The number of fused-ring (bicyclic) bond motifs is 10. The molecule has 2 heterocycles. The second-order valence-electron chi connectivity index (χ2n) is 17.1. The topological polar surface area (TPSA) is 80.3 Å². The zero-order valence-corrected chi connectivity index (χ0v) is 36.5. The number of nitriles is 2. The number of furan rings is 2. The van der Waals surface area contributed by atoms with Crippen LogP contribution in [0.2, 0.25) is 0 Å². The highest BCUT2D eigenvalue weighted by Gasteiger charge is 2.25. The van der Waals surface area contributed by atoms with Gasteiger partial charge < -0.3 is 18.6 Å². The number of nitrogens with zero attached hydrogens (tertiary/aromatic N) is 4. The van der Waals surface area contributed by atoms with E-state index in [2.05, 4.69) is 154 Å². The molecule has 0 fully saturated rings. The van der Waals surface area contributed by atoms with Gasteiger partial charge in [-0.15, -0.1) is 0 Å². The van der Waals surface area contributed by atoms with E-state index in [9.17, 15) is 10.5 Å². The fraction of sp³-hybridized carbons (Fsp3) is 0.103. The van der Waals surface area contributed by atoms with Crippen LogP contribution < -0.4 is 9.80 Å². The molecule has 0 amide bonds. The van der Waals surface area contributed by atoms with Gasteiger partial charge in [0.25, 0.3) is 0 Å². The normalized spacial score (nSPS) is 11.6. The van der Waals surface area contributed by atoms with E-state index in [1.54, 1.807) is 0 Å². The molecule has 6 heteroatoms. The van der Waals surface area contributed by atoms with E-state index in [4.69, 9.17) is 8.83 Å². The summed E-state index contributed by atoms with van der Waals surface area (Å²) < 4.78 is 13.8. The number of benzene rings is 9. The van der Waals surface area contributed by atoms with Crippen molar-refractivity contribution in [3.63, 3.8) is 0 Å². The Labute approximate surface area is 371 Å². The number of aryl methyl sites for hydroxylation is 4. The Bertz CT molecular complexity index is 3530. The number of rotatable bonds is 6. The summed E-state index contributed by atoms with van der Waals surface area (Å²) >= 11 is 0. The van der Waals surface area contributed by atoms with Crippen molar-refractivity contribution in [1.82, 2.24) is 0 Å². The van der Waals surface area contributed by atoms with Crippen LogP contribution in [0.25, 0.3) is 65.4 Å². The molecule has 64 heavy (non-hydrogen) atoms. The first-order valence-corrected chi connectivity index (χ1v) is 21.5. The summed E-state index contributed by atoms with van der Waals surface area (Å²) in [4.78, 5) is 4.55. The van der Waals surface area contributed by atoms with E-state index in [1.807, 2.05) is 54.6 Å². The van der Waals surface area contributed by atoms with Gasteiger partial charge in [0, 0.05) is 73.3 Å². The second kappa shape index (κ2) is 14.7. The van der Waals surface area contributed by atoms with Crippen LogP contribution in [0.4, 0.5) is 34.1 Å². The monoisotopic (exact) mass is 826 g/mol. The van der Waals surface area contributed by atoms with Crippen molar-refractivity contribution < 1.29 is 8.83 Å². The Morgan fingerprint density at radius 1 is 0.359 bits per heavy atom. The van der Waals surface area contributed by atoms with Gasteiger partial charge in [0.2, 0.25) is 0 Å². The molecule has 306 valence electrons. The molecule has 0 N–H and O–H groups in total. The van der Waals surface area contributed by atoms with Gasteiger partial charge in [-0.05, 0) is 165 Å². The molecule has 0 unspecified atom stereocenters. The minimum absolute atomic E-state index is 0.610. The minimum Gasteiger partial charge on any atom is -0.456 e. The lowest BCUT2D eigenvalue weighted by Gasteiger charge is -2.28. The molecule has 0 saturated carbocycles. The summed E-state index contributed by atoms with van der Waals surface area (Å²) in [5.41, 5.74) is 17.5. The Balaban J connectivity index is 1.15. The maximum Gasteiger partial charge on any atom is 0.139 e. The predicted molar refractivity (Wildman–Crippen MR) is 263 cm³/mol. The van der Waals surface area contributed by atoms with Crippen LogP contribution in [0.15, 0.2) is 154 Å². The first kappa shape index (κ1) is 38.6. The SMILES string of the molecule is Cc1cc(N(c2ccc(C#N)cc2)c2cc3oc4cc5oc6cc(N(c7ccc(C#N)cc7)c7cc(C)c(C)c(C)c7)c7ccccc7c6c5cc4c3c3ccccc23)cc(C)c1C. The standard InChI is InChI=1S/C58H42N4O2/c1-33-23-43(24-34(2)37(33)5)61(41-19-15-39(31-59)16-20-41)51-28-55-57(47-13-9-7-11-45(47)51)49-27-50-54(30-53(49)63-55)64-56-29-52(46-12-8-10-14-48(46)58(50)56)62(42-21-17-40(32-60)18-22-42)44-25-35(3)38(6)36(4)26-44/h7-30H,1-6H3. The fourth-order valence-corrected chi connectivity index (χ4v) is 9.62. The summed E-state index contributed by atoms with van der Waals surface area (Å²) in [5.74, 6) is 0. The van der Waals surface area contributed by atoms with Crippen molar-refractivity contribution in [3.8, 4) is 12.1 Å². The third-order valence-corrected chi connectivity index (χ3v) is 13.4. The molecule has 0 aliphatic heterocycles. The number of anilines is 6. The molecular formula is C58H42N4O2. The Morgan fingerprint density at radius 2 is 0.719 bits per heavy atom. The van der Waals surface area contributed by atoms with Crippen LogP contribution in [-0.4, -0.2) is 0 Å². The highest BCUT2D eigenvalue weighted by molar-refractivity contribution is 6.28. The molecule has 9 aromatic carbocycles. The highest BCUT2D eigenvalue weighted by atomic mass is 16.3. The molecule has 0 saturated heterocycles. The van der Waals surface area contributed by atoms with E-state index in [1.165, 1.54) is 33.4 Å². The minimum atomic E-state index is 0.610. The van der Waals surface area contributed by atoms with Crippen molar-refractivity contribution in [2.75, 3.05) is 9.80 Å². The van der Waals surface area contributed by atoms with Gasteiger partial charge in [-0.25, -0.2) is 0 Å². The van der Waals surface area contributed by atoms with Gasteiger partial charge in [-0.1, -0.05) is 48.5 Å². The quantitative estimate of drug-likeness (QED) is 0.166. The first-order valence-electron chi connectivity index (χ1n) is 21.5. The second-order valence-corrected chi connectivity index (χ2v) is 17.1. The van der Waals surface area contributed by atoms with E-state index in [0.29, 0.717) is 11.1 Å². The van der Waals surface area contributed by atoms with Gasteiger partial charge in [-0.2, -0.15) is 10.5 Å². The number of hydrogen-bond acceptors (Lipinski definition) is 6. The average molecular weight is 827 g/mol. The van der Waals surface area contributed by atoms with Crippen LogP contribution in [-0.2, 0) is 0 Å². The van der Waals surface area contributed by atoms with Crippen LogP contribution in [0.5, 0.6) is 0 Å². The molecule has 11 rings (SSSR count). The zero-order chi connectivity index (χ0) is 44.0. The molecule has 2 aromatic heterocycles. The Hall–Kier alpha value is -8.32. The van der Waals surface area contributed by atoms with Crippen molar-refractivity contribution >= 4 is 99.5 Å². The molecule has 0 atom stereocenters. The average Bonchev–Trinajstić information content (AvgIpc) is 3.86. The van der Waals surface area contributed by atoms with Crippen LogP contribution in [0.3, 0.4) is 0 Å². The van der Waals surface area contributed by atoms with Crippen molar-refractivity contribution in [1.29, 1.82) is 10.5 Å². The lowest BCUT2D eigenvalue weighted by Crippen LogP contribution is -2.11. The lowest BCUT2D eigenvalue weighted by atomic mass is 9.97. The molecule has 0 aliphatic rings. The largest absolute Gasteiger partial charge is 0.456 e. The molecule has 0 bridgehead atoms. The van der Waals surface area contributed by atoms with Crippen LogP contribution >= 0.6 is 0 Å². The van der Waals surface area contributed by atoms with Crippen molar-refractivity contribution in [3.05, 3.63) is 190 Å². The predicted octanol–water partition coefficient (Wildman–Crippen LogP) is 16.3. The highest BCUT2D eigenvalue weighted by Crippen LogP contribution is 2.49. The van der Waals surface area contributed by atoms with Gasteiger partial charge in [0.15, 0.2) is 0 Å². The van der Waals surface area contributed by atoms with Gasteiger partial charge in [0.05, 0.1) is 34.6 Å². The van der Waals surface area contributed by atoms with Crippen LogP contribution in [0, 0.1) is 64.2 Å². The van der Waals surface area contributed by atoms with E-state index in [-0.39, 0.29) is 0 Å². The summed E-state index contributed by atoms with van der Waals surface area (Å²) in [6, 6.07) is 54.8. The molecule has 0 aliphatic carbocycles. The number of hydrogen-bond donors (Lipinski definition) is 0. The molecule has 0 spiro atoms. The van der Waals surface area contributed by atoms with Crippen molar-refractivity contribution in [2.45, 2.75) is 41.5 Å². The molecule has 11 aromatic rings. The van der Waals surface area contributed by atoms with Crippen LogP contribution in [0.1, 0.15) is 44.5 Å². The third-order valence-electron chi connectivity index (χ3n) is 13.4. The Morgan fingerprint density at radius 3 is 1.08 bits per heavy atom. The molecule has 6 nitrogen and oxygen atoms in total. The molecular weight excluding hydrogens is 785 g/mol. The van der Waals surface area contributed by atoms with Gasteiger partial charge >= 0.3 is 0 Å². The summed E-state index contributed by atoms with van der Waals surface area (Å²) in [7, 11) is 0. The lowest BCUT2D eigenvalue weighted by molar-refractivity contribution is 0.656. The summed E-state index contributed by atoms with van der Waals surface area (Å²) in [6.45, 7) is 13.0. The van der Waals surface area contributed by atoms with E-state index in [0.717, 1.165) is 99.5 Å². The summed E-state index contributed by atoms with van der Waals surface area (Å²) in [5, 5.41) is 27.7. The van der Waals surface area contributed by atoms with Gasteiger partial charge in [-0.3, -0.25) is 0 Å². The first-order chi connectivity index (χ1) is 31.1. The fourth-order valence-electron chi connectivity index (χ4n) is 9.62. The maximum atomic E-state index is 9.66. The van der Waals surface area contributed by atoms with E-state index < -0.39 is 0 Å². The zero-order valence-electron chi connectivity index (χ0n) is 36.5. The smallest absolute Gasteiger partial charge is 0.139 e. The van der Waals surface area contributed by atoms with Gasteiger partial charge in [0.1, 0.15) is 22.3 Å². The van der Waals surface area contributed by atoms with E-state index >= 15 is 0 Å². The molecule has 0 radical (unpaired) electrons. The third kappa shape index (κ3) is 5.99. The summed E-state index contributed by atoms with van der Waals surface area (Å²) in [6.07, 6.45) is 0.